The largest absolute Gasteiger partial charge is 0.392 e. The maximum atomic E-state index is 11.8. The highest BCUT2D eigenvalue weighted by atomic mass is 35.5. The van der Waals surface area contributed by atoms with E-state index in [0.29, 0.717) is 36.0 Å². The van der Waals surface area contributed by atoms with Crippen LogP contribution in [0.15, 0.2) is 18.2 Å². The molecule has 7 heteroatoms. The minimum Gasteiger partial charge on any atom is -0.392 e. The first kappa shape index (κ1) is 17.5. The zero-order valence-electron chi connectivity index (χ0n) is 10.7. The van der Waals surface area contributed by atoms with Crippen molar-refractivity contribution in [1.82, 2.24) is 10.6 Å². The van der Waals surface area contributed by atoms with E-state index in [4.69, 9.17) is 23.2 Å². The number of hydrogen-bond donors (Lipinski definition) is 3. The quantitative estimate of drug-likeness (QED) is 0.784. The lowest BCUT2D eigenvalue weighted by atomic mass is 10.1. The Bertz CT molecular complexity index is 471. The smallest absolute Gasteiger partial charge is 0.237 e. The van der Waals surface area contributed by atoms with E-state index >= 15 is 0 Å². The van der Waals surface area contributed by atoms with E-state index in [9.17, 15) is 9.90 Å². The van der Waals surface area contributed by atoms with Crippen LogP contribution in [0.1, 0.15) is 12.0 Å². The summed E-state index contributed by atoms with van der Waals surface area (Å²) in [6.07, 6.45) is 0.686. The summed E-state index contributed by atoms with van der Waals surface area (Å²) in [5.74, 6) is -0.0818. The maximum Gasteiger partial charge on any atom is 0.237 e. The molecule has 1 aromatic carbocycles. The van der Waals surface area contributed by atoms with Gasteiger partial charge in [-0.05, 0) is 30.5 Å². The van der Waals surface area contributed by atoms with Crippen LogP contribution in [0.3, 0.4) is 0 Å². The Morgan fingerprint density at radius 3 is 2.80 bits per heavy atom. The number of halogens is 3. The predicted octanol–water partition coefficient (Wildman–Crippen LogP) is 1.80. The molecule has 0 aromatic heterocycles. The molecule has 1 aliphatic heterocycles. The van der Waals surface area contributed by atoms with Crippen LogP contribution in [0, 0.1) is 0 Å². The number of β-amino-alcohol motifs (C(OH)–C–C–N with tert-alkyl or cyclic N) is 1. The van der Waals surface area contributed by atoms with Gasteiger partial charge in [0.25, 0.3) is 0 Å². The van der Waals surface area contributed by atoms with Gasteiger partial charge < -0.3 is 15.7 Å². The van der Waals surface area contributed by atoms with Gasteiger partial charge in [0.2, 0.25) is 5.91 Å². The van der Waals surface area contributed by atoms with Crippen LogP contribution >= 0.6 is 35.6 Å². The second-order valence-electron chi connectivity index (χ2n) is 4.63. The summed E-state index contributed by atoms with van der Waals surface area (Å²) in [4.78, 5) is 11.8. The molecule has 0 spiro atoms. The average molecular weight is 340 g/mol. The molecule has 20 heavy (non-hydrogen) atoms. The normalized spacial score (nSPS) is 21.4. The summed E-state index contributed by atoms with van der Waals surface area (Å²) >= 11 is 11.9. The van der Waals surface area contributed by atoms with Crippen molar-refractivity contribution in [2.45, 2.75) is 25.0 Å². The zero-order valence-corrected chi connectivity index (χ0v) is 13.1. The van der Waals surface area contributed by atoms with Crippen molar-refractivity contribution in [2.24, 2.45) is 0 Å². The first-order chi connectivity index (χ1) is 9.06. The van der Waals surface area contributed by atoms with E-state index in [1.807, 2.05) is 6.07 Å². The van der Waals surface area contributed by atoms with Gasteiger partial charge in [0, 0.05) is 23.1 Å². The Morgan fingerprint density at radius 2 is 2.20 bits per heavy atom. The van der Waals surface area contributed by atoms with Crippen LogP contribution in [-0.4, -0.2) is 36.2 Å². The van der Waals surface area contributed by atoms with Gasteiger partial charge in [-0.3, -0.25) is 4.79 Å². The number of hydrogen-bond acceptors (Lipinski definition) is 3. The predicted molar refractivity (Wildman–Crippen MR) is 82.8 cm³/mol. The van der Waals surface area contributed by atoms with Crippen LogP contribution in [0.5, 0.6) is 0 Å². The Balaban J connectivity index is 0.00000200. The third-order valence-corrected chi connectivity index (χ3v) is 3.72. The van der Waals surface area contributed by atoms with Crippen molar-refractivity contribution in [3.8, 4) is 0 Å². The minimum atomic E-state index is -0.429. The summed E-state index contributed by atoms with van der Waals surface area (Å²) in [5.41, 5.74) is 0.950. The number of aliphatic hydroxyl groups excluding tert-OH is 1. The number of carbonyl (C=O) groups excluding carboxylic acids is 1. The van der Waals surface area contributed by atoms with Gasteiger partial charge in [0.15, 0.2) is 0 Å². The Labute approximate surface area is 134 Å². The molecule has 1 amide bonds. The molecule has 4 nitrogen and oxygen atoms in total. The molecule has 2 rings (SSSR count). The monoisotopic (exact) mass is 338 g/mol. The SMILES string of the molecule is Cl.O=C(NCCc1ccc(Cl)cc1Cl)C1CC(O)CN1. The molecule has 1 aliphatic rings. The van der Waals surface area contributed by atoms with E-state index < -0.39 is 6.10 Å². The third-order valence-electron chi connectivity index (χ3n) is 3.13. The van der Waals surface area contributed by atoms with Gasteiger partial charge >= 0.3 is 0 Å². The van der Waals surface area contributed by atoms with Crippen molar-refractivity contribution in [3.63, 3.8) is 0 Å². The summed E-state index contributed by atoms with van der Waals surface area (Å²) < 4.78 is 0. The van der Waals surface area contributed by atoms with Crippen LogP contribution in [0.4, 0.5) is 0 Å². The molecular formula is C13H17Cl3N2O2. The minimum absolute atomic E-state index is 0. The molecule has 2 atom stereocenters. The number of benzene rings is 1. The molecule has 0 radical (unpaired) electrons. The van der Waals surface area contributed by atoms with Crippen molar-refractivity contribution in [1.29, 1.82) is 0 Å². The van der Waals surface area contributed by atoms with Crippen molar-refractivity contribution < 1.29 is 9.90 Å². The van der Waals surface area contributed by atoms with E-state index in [0.717, 1.165) is 5.56 Å². The lowest BCUT2D eigenvalue weighted by molar-refractivity contribution is -0.122. The van der Waals surface area contributed by atoms with Crippen LogP contribution in [0.2, 0.25) is 10.0 Å². The molecule has 1 heterocycles. The third kappa shape index (κ3) is 4.79. The maximum absolute atomic E-state index is 11.8. The molecule has 2 unspecified atom stereocenters. The number of nitrogens with one attached hydrogen (secondary N) is 2. The molecule has 1 saturated heterocycles. The van der Waals surface area contributed by atoms with E-state index in [2.05, 4.69) is 10.6 Å². The fourth-order valence-electron chi connectivity index (χ4n) is 2.08. The van der Waals surface area contributed by atoms with Crippen molar-refractivity contribution >= 4 is 41.5 Å². The highest BCUT2D eigenvalue weighted by Gasteiger charge is 2.27. The molecule has 1 fully saturated rings. The van der Waals surface area contributed by atoms with Crippen LogP contribution < -0.4 is 10.6 Å². The molecular weight excluding hydrogens is 323 g/mol. The van der Waals surface area contributed by atoms with E-state index in [1.165, 1.54) is 0 Å². The van der Waals surface area contributed by atoms with Crippen LogP contribution in [-0.2, 0) is 11.2 Å². The van der Waals surface area contributed by atoms with Crippen molar-refractivity contribution in [3.05, 3.63) is 33.8 Å². The molecule has 0 saturated carbocycles. The fourth-order valence-corrected chi connectivity index (χ4v) is 2.59. The average Bonchev–Trinajstić information content (AvgIpc) is 2.78. The van der Waals surface area contributed by atoms with Crippen LogP contribution in [0.25, 0.3) is 0 Å². The van der Waals surface area contributed by atoms with Gasteiger partial charge in [0.05, 0.1) is 12.1 Å². The van der Waals surface area contributed by atoms with E-state index in [1.54, 1.807) is 12.1 Å². The van der Waals surface area contributed by atoms with Gasteiger partial charge in [-0.15, -0.1) is 12.4 Å². The fraction of sp³-hybridized carbons (Fsp3) is 0.462. The second kappa shape index (κ2) is 8.05. The lowest BCUT2D eigenvalue weighted by Crippen LogP contribution is -2.41. The number of aliphatic hydroxyl groups is 1. The molecule has 112 valence electrons. The molecule has 0 aliphatic carbocycles. The first-order valence-electron chi connectivity index (χ1n) is 6.19. The topological polar surface area (TPSA) is 61.4 Å². The Kier molecular flexibility index (Phi) is 7.06. The lowest BCUT2D eigenvalue weighted by Gasteiger charge is -2.11. The van der Waals surface area contributed by atoms with Crippen molar-refractivity contribution in [2.75, 3.05) is 13.1 Å². The van der Waals surface area contributed by atoms with E-state index in [-0.39, 0.29) is 24.4 Å². The second-order valence-corrected chi connectivity index (χ2v) is 5.47. The van der Waals surface area contributed by atoms with Gasteiger partial charge in [-0.25, -0.2) is 0 Å². The Hall–Kier alpha value is -0.520. The highest BCUT2D eigenvalue weighted by molar-refractivity contribution is 6.35. The Morgan fingerprint density at radius 1 is 1.45 bits per heavy atom. The zero-order chi connectivity index (χ0) is 13.8. The summed E-state index contributed by atoms with van der Waals surface area (Å²) in [7, 11) is 0. The standard InChI is InChI=1S/C13H16Cl2N2O2.ClH/c14-9-2-1-8(11(15)5-9)3-4-16-13(19)12-6-10(18)7-17-12;/h1-2,5,10,12,17-18H,3-4,6-7H2,(H,16,19);1H. The summed E-state index contributed by atoms with van der Waals surface area (Å²) in [6.45, 7) is 0.982. The van der Waals surface area contributed by atoms with Gasteiger partial charge in [0.1, 0.15) is 0 Å². The molecule has 3 N–H and O–H groups in total. The first-order valence-corrected chi connectivity index (χ1v) is 6.95. The number of amides is 1. The van der Waals surface area contributed by atoms with Gasteiger partial charge in [-0.2, -0.15) is 0 Å². The molecule has 0 bridgehead atoms. The molecule has 1 aromatic rings. The number of rotatable bonds is 4. The summed E-state index contributed by atoms with van der Waals surface area (Å²) in [6, 6.07) is 5.03. The highest BCUT2D eigenvalue weighted by Crippen LogP contribution is 2.21. The van der Waals surface area contributed by atoms with Gasteiger partial charge in [-0.1, -0.05) is 29.3 Å². The summed E-state index contributed by atoms with van der Waals surface area (Å²) in [5, 5.41) is 16.3. The number of carbonyl (C=O) groups is 1.